The number of hydrogen-bond donors (Lipinski definition) is 9. The smallest absolute Gasteiger partial charge is 0.239 e. The molecule has 3 aromatic rings. The third kappa shape index (κ3) is 5.56. The second-order valence-electron chi connectivity index (χ2n) is 9.73. The molecule has 0 amide bonds. The van der Waals surface area contributed by atoms with Crippen LogP contribution >= 0.6 is 0 Å². The highest BCUT2D eigenvalue weighted by Gasteiger charge is 2.41. The number of phenols is 5. The molecule has 0 unspecified atom stereocenters. The lowest BCUT2D eigenvalue weighted by atomic mass is 10.0. The zero-order valence-corrected chi connectivity index (χ0v) is 21.2. The van der Waals surface area contributed by atoms with Crippen LogP contribution in [-0.4, -0.2) is 102 Å². The van der Waals surface area contributed by atoms with Gasteiger partial charge >= 0.3 is 0 Å². The number of aliphatic hydroxyl groups excluding tert-OH is 4. The molecule has 7 atom stereocenters. The molecule has 222 valence electrons. The fourth-order valence-corrected chi connectivity index (χ4v) is 4.73. The standard InChI is InChI=1S/C26H28O15/c27-7-17-11(29)5-19(38-17)37-8-18-23(35)15(33)6-20(39-18)41-26-24(36)21-12(30)3-10(28)4-16(21)40-25(26)9-1-13(31)22(34)14(32)2-9/h1-4,11,15,17-20,23,27-35H,5-8H2/t11-,15+,17+,18+,19+,20-,23+/m0/s1. The molecule has 15 nitrogen and oxygen atoms in total. The lowest BCUT2D eigenvalue weighted by molar-refractivity contribution is -0.249. The molecule has 0 radical (unpaired) electrons. The van der Waals surface area contributed by atoms with Crippen LogP contribution in [0.2, 0.25) is 0 Å². The van der Waals surface area contributed by atoms with Crippen LogP contribution in [-0.2, 0) is 14.2 Å². The predicted molar refractivity (Wildman–Crippen MR) is 134 cm³/mol. The number of fused-ring (bicyclic) bond motifs is 1. The number of aliphatic hydroxyl groups is 4. The quantitative estimate of drug-likeness (QED) is 0.163. The Bertz CT molecular complexity index is 1460. The first kappa shape index (κ1) is 28.7. The molecule has 0 saturated carbocycles. The fourth-order valence-electron chi connectivity index (χ4n) is 4.73. The van der Waals surface area contributed by atoms with Crippen molar-refractivity contribution >= 4 is 11.0 Å². The third-order valence-corrected chi connectivity index (χ3v) is 6.85. The van der Waals surface area contributed by atoms with Crippen molar-refractivity contribution < 1.29 is 69.3 Å². The van der Waals surface area contributed by atoms with Crippen molar-refractivity contribution in [3.8, 4) is 45.8 Å². The normalized spacial score (nSPS) is 28.2. The fraction of sp³-hybridized carbons (Fsp3) is 0.423. The van der Waals surface area contributed by atoms with E-state index in [1.807, 2.05) is 0 Å². The maximum atomic E-state index is 13.5. The first-order valence-electron chi connectivity index (χ1n) is 12.5. The van der Waals surface area contributed by atoms with Crippen LogP contribution in [0.1, 0.15) is 12.8 Å². The monoisotopic (exact) mass is 580 g/mol. The average Bonchev–Trinajstić information content (AvgIpc) is 3.28. The van der Waals surface area contributed by atoms with Crippen LogP contribution < -0.4 is 10.2 Å². The minimum atomic E-state index is -1.44. The highest BCUT2D eigenvalue weighted by atomic mass is 16.7. The molecule has 9 N–H and O–H groups in total. The molecule has 0 spiro atoms. The van der Waals surface area contributed by atoms with Crippen molar-refractivity contribution in [1.82, 2.24) is 0 Å². The van der Waals surface area contributed by atoms with Gasteiger partial charge in [-0.15, -0.1) is 0 Å². The van der Waals surface area contributed by atoms with E-state index < -0.39 is 95.4 Å². The Morgan fingerprint density at radius 3 is 2.15 bits per heavy atom. The van der Waals surface area contributed by atoms with Crippen molar-refractivity contribution in [3.63, 3.8) is 0 Å². The summed E-state index contributed by atoms with van der Waals surface area (Å²) in [6.07, 6.45) is -8.50. The molecule has 2 aromatic carbocycles. The van der Waals surface area contributed by atoms with E-state index in [4.69, 9.17) is 23.4 Å². The Balaban J connectivity index is 1.47. The van der Waals surface area contributed by atoms with Crippen molar-refractivity contribution in [2.24, 2.45) is 0 Å². The van der Waals surface area contributed by atoms with Gasteiger partial charge in [0.05, 0.1) is 25.4 Å². The zero-order chi connectivity index (χ0) is 29.6. The van der Waals surface area contributed by atoms with Crippen LogP contribution in [0.3, 0.4) is 0 Å². The summed E-state index contributed by atoms with van der Waals surface area (Å²) in [4.78, 5) is 13.5. The van der Waals surface area contributed by atoms with Gasteiger partial charge in [-0.1, -0.05) is 0 Å². The van der Waals surface area contributed by atoms with Gasteiger partial charge in [0.1, 0.15) is 40.8 Å². The van der Waals surface area contributed by atoms with E-state index in [0.717, 1.165) is 24.3 Å². The van der Waals surface area contributed by atoms with Crippen LogP contribution in [0.5, 0.6) is 34.5 Å². The Kier molecular flexibility index (Phi) is 7.85. The SMILES string of the molecule is O=c1c(O[C@H]2C[C@@H](O)[C@@H](O)[C@@H](CO[C@H]3C[C@H](O)[C@@H](CO)O3)O2)c(-c2cc(O)c(O)c(O)c2)oc2cc(O)cc(O)c12. The molecule has 0 bridgehead atoms. The van der Waals surface area contributed by atoms with Crippen molar-refractivity contribution in [3.05, 3.63) is 34.5 Å². The lowest BCUT2D eigenvalue weighted by Gasteiger charge is -2.37. The highest BCUT2D eigenvalue weighted by Crippen LogP contribution is 2.43. The van der Waals surface area contributed by atoms with Gasteiger partial charge in [-0.2, -0.15) is 0 Å². The summed E-state index contributed by atoms with van der Waals surface area (Å²) in [7, 11) is 0. The van der Waals surface area contributed by atoms with Gasteiger partial charge in [0.25, 0.3) is 0 Å². The van der Waals surface area contributed by atoms with E-state index in [1.165, 1.54) is 0 Å². The summed E-state index contributed by atoms with van der Waals surface area (Å²) >= 11 is 0. The average molecular weight is 580 g/mol. The summed E-state index contributed by atoms with van der Waals surface area (Å²) in [5.74, 6) is -4.45. The number of aromatic hydroxyl groups is 5. The van der Waals surface area contributed by atoms with E-state index in [0.29, 0.717) is 0 Å². The maximum Gasteiger partial charge on any atom is 0.239 e. The van der Waals surface area contributed by atoms with Crippen LogP contribution in [0.15, 0.2) is 33.5 Å². The van der Waals surface area contributed by atoms with Crippen LogP contribution in [0, 0.1) is 0 Å². The summed E-state index contributed by atoms with van der Waals surface area (Å²) < 4.78 is 28.2. The molecular formula is C26H28O15. The van der Waals surface area contributed by atoms with Gasteiger partial charge in [-0.3, -0.25) is 4.79 Å². The van der Waals surface area contributed by atoms with Gasteiger partial charge < -0.3 is 69.3 Å². The van der Waals surface area contributed by atoms with Gasteiger partial charge in [-0.25, -0.2) is 0 Å². The summed E-state index contributed by atoms with van der Waals surface area (Å²) in [5.41, 5.74) is -1.39. The van der Waals surface area contributed by atoms with Crippen molar-refractivity contribution in [2.45, 2.75) is 55.9 Å². The molecule has 1 aromatic heterocycles. The Morgan fingerprint density at radius 2 is 1.49 bits per heavy atom. The number of hydrogen-bond acceptors (Lipinski definition) is 15. The zero-order valence-electron chi connectivity index (χ0n) is 21.2. The molecule has 2 aliphatic heterocycles. The van der Waals surface area contributed by atoms with E-state index in [2.05, 4.69) is 0 Å². The third-order valence-electron chi connectivity index (χ3n) is 6.85. The number of phenolic OH excluding ortho intramolecular Hbond substituents is 5. The molecular weight excluding hydrogens is 552 g/mol. The highest BCUT2D eigenvalue weighted by molar-refractivity contribution is 5.88. The largest absolute Gasteiger partial charge is 0.508 e. The molecule has 2 saturated heterocycles. The number of ether oxygens (including phenoxy) is 4. The van der Waals surface area contributed by atoms with E-state index in [9.17, 15) is 50.8 Å². The molecule has 15 heteroatoms. The van der Waals surface area contributed by atoms with Crippen LogP contribution in [0.25, 0.3) is 22.3 Å². The first-order chi connectivity index (χ1) is 19.5. The Hall–Kier alpha value is -3.83. The van der Waals surface area contributed by atoms with Gasteiger partial charge in [0.15, 0.2) is 29.3 Å². The van der Waals surface area contributed by atoms with Crippen LogP contribution in [0.4, 0.5) is 0 Å². The van der Waals surface area contributed by atoms with E-state index >= 15 is 0 Å². The Morgan fingerprint density at radius 1 is 0.829 bits per heavy atom. The van der Waals surface area contributed by atoms with Gasteiger partial charge in [0, 0.05) is 30.5 Å². The summed E-state index contributed by atoms with van der Waals surface area (Å²) in [5, 5.41) is 89.7. The Labute approximate surface area is 230 Å². The van der Waals surface area contributed by atoms with Gasteiger partial charge in [-0.05, 0) is 12.1 Å². The lowest BCUT2D eigenvalue weighted by Crippen LogP contribution is -2.52. The minimum Gasteiger partial charge on any atom is -0.508 e. The first-order valence-corrected chi connectivity index (χ1v) is 12.5. The topological polar surface area (TPSA) is 249 Å². The van der Waals surface area contributed by atoms with E-state index in [1.54, 1.807) is 0 Å². The molecule has 2 fully saturated rings. The molecule has 3 heterocycles. The predicted octanol–water partition coefficient (Wildman–Crippen LogP) is -0.312. The number of benzene rings is 2. The molecule has 0 aliphatic carbocycles. The summed E-state index contributed by atoms with van der Waals surface area (Å²) in [6.45, 7) is -0.771. The van der Waals surface area contributed by atoms with Crippen molar-refractivity contribution in [2.75, 3.05) is 13.2 Å². The summed E-state index contributed by atoms with van der Waals surface area (Å²) in [6, 6.07) is 3.86. The molecule has 5 rings (SSSR count). The van der Waals surface area contributed by atoms with Gasteiger partial charge in [0.2, 0.25) is 17.5 Å². The second kappa shape index (κ2) is 11.2. The second-order valence-corrected chi connectivity index (χ2v) is 9.73. The minimum absolute atomic E-state index is 0.0450. The number of rotatable bonds is 7. The molecule has 2 aliphatic rings. The van der Waals surface area contributed by atoms with E-state index in [-0.39, 0.29) is 36.0 Å². The molecule has 41 heavy (non-hydrogen) atoms. The van der Waals surface area contributed by atoms with Crippen molar-refractivity contribution in [1.29, 1.82) is 0 Å². The maximum absolute atomic E-state index is 13.5.